The highest BCUT2D eigenvalue weighted by molar-refractivity contribution is 6.34. The SMILES string of the molecule is CCOc1ccc(-c2cc3nc(C4CCNCC4)c(C(=O)Nc4c(Cl)cc(OC)cc4OC)cn3n2)cc1.Cl. The zero-order valence-electron chi connectivity index (χ0n) is 22.0. The van der Waals surface area contributed by atoms with E-state index in [0.717, 1.165) is 48.6 Å². The van der Waals surface area contributed by atoms with E-state index in [0.29, 0.717) is 40.0 Å². The maximum absolute atomic E-state index is 13.7. The number of hydrogen-bond donors (Lipinski definition) is 2. The Morgan fingerprint density at radius 2 is 1.85 bits per heavy atom. The molecule has 0 spiro atoms. The van der Waals surface area contributed by atoms with Crippen molar-refractivity contribution < 1.29 is 19.0 Å². The van der Waals surface area contributed by atoms with Crippen LogP contribution in [-0.4, -0.2) is 54.4 Å². The van der Waals surface area contributed by atoms with E-state index in [1.807, 2.05) is 37.3 Å². The zero-order chi connectivity index (χ0) is 26.6. The van der Waals surface area contributed by atoms with Crippen LogP contribution in [0.25, 0.3) is 16.9 Å². The largest absolute Gasteiger partial charge is 0.497 e. The normalized spacial score (nSPS) is 13.5. The minimum Gasteiger partial charge on any atom is -0.497 e. The van der Waals surface area contributed by atoms with Gasteiger partial charge in [0.1, 0.15) is 22.9 Å². The molecule has 39 heavy (non-hydrogen) atoms. The molecule has 0 unspecified atom stereocenters. The van der Waals surface area contributed by atoms with E-state index in [1.54, 1.807) is 30.0 Å². The van der Waals surface area contributed by atoms with Crippen LogP contribution in [0.2, 0.25) is 5.02 Å². The summed E-state index contributed by atoms with van der Waals surface area (Å²) in [7, 11) is 3.06. The third-order valence-electron chi connectivity index (χ3n) is 6.63. The molecule has 206 valence electrons. The lowest BCUT2D eigenvalue weighted by atomic mass is 9.91. The standard InChI is InChI=1S/C28H30ClN5O4.ClH/c1-4-38-19-7-5-17(6-8-19)23-15-25-31-26(18-9-11-30-12-10-18)21(16-34(25)33-23)28(35)32-27-22(29)13-20(36-2)14-24(27)37-3;/h5-8,13-16,18,30H,4,9-12H2,1-3H3,(H,32,35);1H. The number of rotatable bonds is 8. The van der Waals surface area contributed by atoms with Gasteiger partial charge < -0.3 is 24.8 Å². The average molecular weight is 572 g/mol. The second-order valence-corrected chi connectivity index (χ2v) is 9.40. The van der Waals surface area contributed by atoms with Crippen molar-refractivity contribution in [2.75, 3.05) is 39.2 Å². The smallest absolute Gasteiger partial charge is 0.259 e. The Bertz CT molecular complexity index is 1450. The number of amides is 1. The maximum atomic E-state index is 13.7. The number of carbonyl (C=O) groups is 1. The molecule has 0 atom stereocenters. The highest BCUT2D eigenvalue weighted by atomic mass is 35.5. The lowest BCUT2D eigenvalue weighted by molar-refractivity contribution is 0.102. The molecule has 2 N–H and O–H groups in total. The van der Waals surface area contributed by atoms with E-state index < -0.39 is 0 Å². The van der Waals surface area contributed by atoms with Crippen molar-refractivity contribution in [2.24, 2.45) is 0 Å². The molecule has 1 amide bonds. The molecule has 1 saturated heterocycles. The molecule has 0 saturated carbocycles. The van der Waals surface area contributed by atoms with Gasteiger partial charge in [-0.05, 0) is 57.1 Å². The zero-order valence-corrected chi connectivity index (χ0v) is 23.6. The van der Waals surface area contributed by atoms with Gasteiger partial charge in [-0.1, -0.05) is 11.6 Å². The Balaban J connectivity index is 0.00000353. The number of benzene rings is 2. The summed E-state index contributed by atoms with van der Waals surface area (Å²) in [4.78, 5) is 18.7. The van der Waals surface area contributed by atoms with Gasteiger partial charge in [0.15, 0.2) is 5.65 Å². The Labute approximate surface area is 238 Å². The molecule has 2 aromatic heterocycles. The number of nitrogens with zero attached hydrogens (tertiary/aromatic N) is 3. The number of anilines is 1. The van der Waals surface area contributed by atoms with Crippen LogP contribution in [0, 0.1) is 0 Å². The van der Waals surface area contributed by atoms with Crippen LogP contribution in [0.15, 0.2) is 48.7 Å². The molecule has 0 bridgehead atoms. The van der Waals surface area contributed by atoms with Gasteiger partial charge in [-0.3, -0.25) is 4.79 Å². The first-order valence-corrected chi connectivity index (χ1v) is 13.0. The summed E-state index contributed by atoms with van der Waals surface area (Å²) >= 11 is 6.48. The first kappa shape index (κ1) is 28.5. The lowest BCUT2D eigenvalue weighted by Crippen LogP contribution is -2.29. The van der Waals surface area contributed by atoms with Gasteiger partial charge in [0, 0.05) is 35.9 Å². The van der Waals surface area contributed by atoms with Crippen LogP contribution in [0.5, 0.6) is 17.2 Å². The van der Waals surface area contributed by atoms with Gasteiger partial charge in [-0.25, -0.2) is 9.50 Å². The number of hydrogen-bond acceptors (Lipinski definition) is 7. The van der Waals surface area contributed by atoms with E-state index in [-0.39, 0.29) is 24.2 Å². The monoisotopic (exact) mass is 571 g/mol. The summed E-state index contributed by atoms with van der Waals surface area (Å²) < 4.78 is 17.9. The van der Waals surface area contributed by atoms with Crippen molar-refractivity contribution >= 4 is 41.2 Å². The molecule has 3 heterocycles. The molecule has 1 fully saturated rings. The van der Waals surface area contributed by atoms with Crippen LogP contribution in [-0.2, 0) is 0 Å². The molecule has 5 rings (SSSR count). The van der Waals surface area contributed by atoms with Crippen molar-refractivity contribution in [3.63, 3.8) is 0 Å². The summed E-state index contributed by atoms with van der Waals surface area (Å²) in [6.45, 7) is 4.30. The van der Waals surface area contributed by atoms with E-state index in [4.69, 9.17) is 35.9 Å². The first-order chi connectivity index (χ1) is 18.5. The van der Waals surface area contributed by atoms with Gasteiger partial charge >= 0.3 is 0 Å². The average Bonchev–Trinajstić information content (AvgIpc) is 3.37. The Kier molecular flexibility index (Phi) is 9.16. The molecular weight excluding hydrogens is 541 g/mol. The van der Waals surface area contributed by atoms with Gasteiger partial charge in [0.2, 0.25) is 0 Å². The van der Waals surface area contributed by atoms with E-state index in [2.05, 4.69) is 10.6 Å². The predicted molar refractivity (Wildman–Crippen MR) is 154 cm³/mol. The number of methoxy groups -OCH3 is 2. The molecule has 0 aliphatic carbocycles. The lowest BCUT2D eigenvalue weighted by Gasteiger charge is -2.24. The second kappa shape index (κ2) is 12.5. The third-order valence-corrected chi connectivity index (χ3v) is 6.93. The van der Waals surface area contributed by atoms with Gasteiger partial charge in [-0.2, -0.15) is 5.10 Å². The topological polar surface area (TPSA) is 99.0 Å². The summed E-state index contributed by atoms with van der Waals surface area (Å²) in [6.07, 6.45) is 3.52. The van der Waals surface area contributed by atoms with Crippen LogP contribution in [0.4, 0.5) is 5.69 Å². The van der Waals surface area contributed by atoms with Crippen LogP contribution < -0.4 is 24.8 Å². The van der Waals surface area contributed by atoms with Crippen molar-refractivity contribution in [1.29, 1.82) is 0 Å². The van der Waals surface area contributed by atoms with Crippen LogP contribution >= 0.6 is 24.0 Å². The number of ether oxygens (including phenoxy) is 3. The Morgan fingerprint density at radius 3 is 2.51 bits per heavy atom. The molecule has 2 aromatic carbocycles. The van der Waals surface area contributed by atoms with Crippen molar-refractivity contribution in [3.8, 4) is 28.5 Å². The molecule has 9 nitrogen and oxygen atoms in total. The molecule has 0 radical (unpaired) electrons. The number of piperidine rings is 1. The fourth-order valence-corrected chi connectivity index (χ4v) is 4.93. The Morgan fingerprint density at radius 1 is 1.10 bits per heavy atom. The van der Waals surface area contributed by atoms with Gasteiger partial charge in [0.25, 0.3) is 5.91 Å². The number of halogens is 2. The summed E-state index contributed by atoms with van der Waals surface area (Å²) in [5, 5.41) is 11.3. The fraction of sp³-hybridized carbons (Fsp3) is 0.321. The van der Waals surface area contributed by atoms with E-state index >= 15 is 0 Å². The molecule has 1 aliphatic heterocycles. The third kappa shape index (κ3) is 6.06. The fourth-order valence-electron chi connectivity index (χ4n) is 4.69. The first-order valence-electron chi connectivity index (χ1n) is 12.6. The van der Waals surface area contributed by atoms with Crippen molar-refractivity contribution in [3.05, 3.63) is 64.9 Å². The van der Waals surface area contributed by atoms with Crippen molar-refractivity contribution in [1.82, 2.24) is 19.9 Å². The van der Waals surface area contributed by atoms with Crippen molar-refractivity contribution in [2.45, 2.75) is 25.7 Å². The minimum absolute atomic E-state index is 0. The minimum atomic E-state index is -0.337. The van der Waals surface area contributed by atoms with Crippen LogP contribution in [0.3, 0.4) is 0 Å². The predicted octanol–water partition coefficient (Wildman–Crippen LogP) is 5.61. The molecular formula is C28H31Cl2N5O4. The summed E-state index contributed by atoms with van der Waals surface area (Å²) in [5.74, 6) is 1.53. The van der Waals surface area contributed by atoms with Gasteiger partial charge in [-0.15, -0.1) is 12.4 Å². The highest BCUT2D eigenvalue weighted by Crippen LogP contribution is 2.38. The number of aromatic nitrogens is 3. The Hall–Kier alpha value is -3.53. The number of fused-ring (bicyclic) bond motifs is 1. The molecule has 1 aliphatic rings. The number of nitrogens with one attached hydrogen (secondary N) is 2. The van der Waals surface area contributed by atoms with Gasteiger partial charge in [0.05, 0.1) is 42.8 Å². The number of carbonyl (C=O) groups excluding carboxylic acids is 1. The van der Waals surface area contributed by atoms with Crippen LogP contribution in [0.1, 0.15) is 41.7 Å². The van der Waals surface area contributed by atoms with E-state index in [1.165, 1.54) is 7.11 Å². The summed E-state index contributed by atoms with van der Waals surface area (Å²) in [5.41, 5.74) is 3.93. The second-order valence-electron chi connectivity index (χ2n) is 8.99. The molecule has 11 heteroatoms. The summed E-state index contributed by atoms with van der Waals surface area (Å²) in [6, 6.07) is 13.0. The van der Waals surface area contributed by atoms with E-state index in [9.17, 15) is 4.79 Å². The molecule has 4 aromatic rings. The highest BCUT2D eigenvalue weighted by Gasteiger charge is 2.26. The quantitative estimate of drug-likeness (QED) is 0.283. The maximum Gasteiger partial charge on any atom is 0.259 e.